The molecule has 6 nitrogen and oxygen atoms in total. The van der Waals surface area contributed by atoms with Gasteiger partial charge in [-0.15, -0.1) is 0 Å². The average molecular weight is 482 g/mol. The molecule has 0 bridgehead atoms. The van der Waals surface area contributed by atoms with E-state index in [2.05, 4.69) is 77.6 Å². The summed E-state index contributed by atoms with van der Waals surface area (Å²) in [5, 5.41) is 9.84. The molecule has 6 heteroatoms. The minimum Gasteiger partial charge on any atom is -0.372 e. The number of rotatable bonds is 7. The van der Waals surface area contributed by atoms with Gasteiger partial charge < -0.3 is 19.3 Å². The molecule has 2 heterocycles. The first-order valence-electron chi connectivity index (χ1n) is 12.7. The lowest BCUT2D eigenvalue weighted by Gasteiger charge is -2.36. The van der Waals surface area contributed by atoms with E-state index in [1.54, 1.807) is 11.0 Å². The zero-order valence-electron chi connectivity index (χ0n) is 21.7. The van der Waals surface area contributed by atoms with Gasteiger partial charge >= 0.3 is 0 Å². The summed E-state index contributed by atoms with van der Waals surface area (Å²) in [6.07, 6.45) is 1.75. The number of anilines is 2. The number of amides is 1. The number of carbonyl (C=O) groups is 1. The zero-order valence-corrected chi connectivity index (χ0v) is 21.7. The summed E-state index contributed by atoms with van der Waals surface area (Å²) >= 11 is 0. The number of hydrogen-bond donors (Lipinski definition) is 0. The molecule has 0 saturated carbocycles. The highest BCUT2D eigenvalue weighted by molar-refractivity contribution is 6.02. The van der Waals surface area contributed by atoms with Crippen LogP contribution in [0.2, 0.25) is 0 Å². The Kier molecular flexibility index (Phi) is 7.80. The van der Waals surface area contributed by atoms with Crippen LogP contribution < -0.4 is 9.80 Å². The van der Waals surface area contributed by atoms with Crippen molar-refractivity contribution in [2.75, 3.05) is 49.1 Å². The minimum absolute atomic E-state index is 0.181. The Morgan fingerprint density at radius 1 is 0.944 bits per heavy atom. The second-order valence-corrected chi connectivity index (χ2v) is 9.14. The number of nitriles is 1. The summed E-state index contributed by atoms with van der Waals surface area (Å²) in [5.41, 5.74) is 6.60. The number of hydrogen-bond acceptors (Lipinski definition) is 4. The predicted octanol–water partition coefficient (Wildman–Crippen LogP) is 5.20. The first kappa shape index (κ1) is 25.1. The Bertz CT molecular complexity index is 1260. The van der Waals surface area contributed by atoms with Crippen LogP contribution in [0.1, 0.15) is 30.8 Å². The van der Waals surface area contributed by atoms with Gasteiger partial charge in [-0.2, -0.15) is 5.26 Å². The number of para-hydroxylation sites is 1. The molecular formula is C30H35N5O. The molecule has 2 aromatic carbocycles. The van der Waals surface area contributed by atoms with Gasteiger partial charge in [-0.25, -0.2) is 0 Å². The highest BCUT2D eigenvalue weighted by Gasteiger charge is 2.24. The molecule has 1 aliphatic heterocycles. The van der Waals surface area contributed by atoms with E-state index < -0.39 is 0 Å². The SMILES string of the molecule is CCN(CC)c1ccc(-n2c(C)cc(/C=C(/C#N)C(=O)N3CCN(c4ccccc4)CC3)c2C)cc1. The van der Waals surface area contributed by atoms with Crippen molar-refractivity contribution in [1.29, 1.82) is 5.26 Å². The van der Waals surface area contributed by atoms with E-state index in [4.69, 9.17) is 0 Å². The molecular weight excluding hydrogens is 446 g/mol. The molecule has 1 aromatic heterocycles. The van der Waals surface area contributed by atoms with E-state index in [1.807, 2.05) is 31.2 Å². The van der Waals surface area contributed by atoms with Crippen LogP contribution in [-0.4, -0.2) is 54.6 Å². The highest BCUT2D eigenvalue weighted by Crippen LogP contribution is 2.25. The molecule has 0 atom stereocenters. The fourth-order valence-corrected chi connectivity index (χ4v) is 5.01. The lowest BCUT2D eigenvalue weighted by atomic mass is 10.1. The van der Waals surface area contributed by atoms with Crippen LogP contribution in [-0.2, 0) is 4.79 Å². The highest BCUT2D eigenvalue weighted by atomic mass is 16.2. The molecule has 1 saturated heterocycles. The number of nitrogens with zero attached hydrogens (tertiary/aromatic N) is 5. The van der Waals surface area contributed by atoms with Gasteiger partial charge in [0.15, 0.2) is 0 Å². The molecule has 4 rings (SSSR count). The zero-order chi connectivity index (χ0) is 25.7. The van der Waals surface area contributed by atoms with Gasteiger partial charge in [0.2, 0.25) is 0 Å². The maximum Gasteiger partial charge on any atom is 0.264 e. The normalized spacial score (nSPS) is 14.0. The third-order valence-corrected chi connectivity index (χ3v) is 7.05. The number of carbonyl (C=O) groups excluding carboxylic acids is 1. The third-order valence-electron chi connectivity index (χ3n) is 7.05. The number of piperazine rings is 1. The van der Waals surface area contributed by atoms with Gasteiger partial charge in [-0.05, 0) is 81.8 Å². The van der Waals surface area contributed by atoms with E-state index in [0.717, 1.165) is 48.8 Å². The molecule has 1 fully saturated rings. The van der Waals surface area contributed by atoms with E-state index in [-0.39, 0.29) is 11.5 Å². The maximum atomic E-state index is 13.2. The van der Waals surface area contributed by atoms with Crippen molar-refractivity contribution in [2.24, 2.45) is 0 Å². The average Bonchev–Trinajstić information content (AvgIpc) is 3.20. The van der Waals surface area contributed by atoms with Crippen LogP contribution in [0.5, 0.6) is 0 Å². The van der Waals surface area contributed by atoms with Crippen LogP contribution in [0.25, 0.3) is 11.8 Å². The Hall–Kier alpha value is -3.98. The van der Waals surface area contributed by atoms with Crippen molar-refractivity contribution >= 4 is 23.4 Å². The maximum absolute atomic E-state index is 13.2. The van der Waals surface area contributed by atoms with Gasteiger partial charge in [0.25, 0.3) is 5.91 Å². The van der Waals surface area contributed by atoms with Crippen molar-refractivity contribution in [1.82, 2.24) is 9.47 Å². The van der Waals surface area contributed by atoms with Crippen molar-refractivity contribution in [3.63, 3.8) is 0 Å². The second-order valence-electron chi connectivity index (χ2n) is 9.14. The molecule has 36 heavy (non-hydrogen) atoms. The summed E-state index contributed by atoms with van der Waals surface area (Å²) in [7, 11) is 0. The van der Waals surface area contributed by atoms with Gasteiger partial charge in [0, 0.05) is 67.7 Å². The third kappa shape index (κ3) is 5.16. The molecule has 186 valence electrons. The van der Waals surface area contributed by atoms with Gasteiger partial charge in [-0.3, -0.25) is 4.79 Å². The lowest BCUT2D eigenvalue weighted by molar-refractivity contribution is -0.126. The molecule has 0 radical (unpaired) electrons. The molecule has 0 spiro atoms. The Morgan fingerprint density at radius 3 is 2.17 bits per heavy atom. The minimum atomic E-state index is -0.196. The van der Waals surface area contributed by atoms with Crippen molar-refractivity contribution in [3.8, 4) is 11.8 Å². The Balaban J connectivity index is 1.51. The molecule has 1 amide bonds. The topological polar surface area (TPSA) is 55.5 Å². The quantitative estimate of drug-likeness (QED) is 0.344. The summed E-state index contributed by atoms with van der Waals surface area (Å²) in [6.45, 7) is 13.1. The standard InChI is InChI=1S/C30H35N5O/c1-5-32(6-2)28-12-14-29(15-13-28)35-23(3)20-25(24(35)4)21-26(22-31)30(36)34-18-16-33(17-19-34)27-10-8-7-9-11-27/h7-15,20-21H,5-6,16-19H2,1-4H3/b26-21-. The molecule has 1 aliphatic rings. The van der Waals surface area contributed by atoms with Crippen LogP contribution in [0, 0.1) is 25.2 Å². The molecule has 3 aromatic rings. The monoisotopic (exact) mass is 481 g/mol. The number of aryl methyl sites for hydroxylation is 1. The smallest absolute Gasteiger partial charge is 0.264 e. The van der Waals surface area contributed by atoms with Crippen molar-refractivity contribution in [3.05, 3.63) is 83.2 Å². The fourth-order valence-electron chi connectivity index (χ4n) is 5.01. The van der Waals surface area contributed by atoms with Gasteiger partial charge in [0.1, 0.15) is 11.6 Å². The van der Waals surface area contributed by atoms with E-state index in [1.165, 1.54) is 11.4 Å². The van der Waals surface area contributed by atoms with E-state index >= 15 is 0 Å². The second kappa shape index (κ2) is 11.2. The summed E-state index contributed by atoms with van der Waals surface area (Å²) in [5.74, 6) is -0.196. The summed E-state index contributed by atoms with van der Waals surface area (Å²) in [4.78, 5) is 19.6. The van der Waals surface area contributed by atoms with Crippen LogP contribution in [0.15, 0.2) is 66.2 Å². The summed E-state index contributed by atoms with van der Waals surface area (Å²) < 4.78 is 2.18. The van der Waals surface area contributed by atoms with Crippen LogP contribution in [0.4, 0.5) is 11.4 Å². The molecule has 0 aliphatic carbocycles. The van der Waals surface area contributed by atoms with E-state index in [0.29, 0.717) is 13.1 Å². The van der Waals surface area contributed by atoms with Gasteiger partial charge in [0.05, 0.1) is 0 Å². The van der Waals surface area contributed by atoms with Crippen LogP contribution >= 0.6 is 0 Å². The fraction of sp³-hybridized carbons (Fsp3) is 0.333. The van der Waals surface area contributed by atoms with Gasteiger partial charge in [-0.1, -0.05) is 18.2 Å². The van der Waals surface area contributed by atoms with Crippen molar-refractivity contribution < 1.29 is 4.79 Å². The number of benzene rings is 2. The van der Waals surface area contributed by atoms with E-state index in [9.17, 15) is 10.1 Å². The lowest BCUT2D eigenvalue weighted by Crippen LogP contribution is -2.49. The van der Waals surface area contributed by atoms with Crippen molar-refractivity contribution in [2.45, 2.75) is 27.7 Å². The first-order chi connectivity index (χ1) is 17.5. The van der Waals surface area contributed by atoms with Crippen LogP contribution in [0.3, 0.4) is 0 Å². The Labute approximate surface area is 214 Å². The Morgan fingerprint density at radius 2 is 1.58 bits per heavy atom. The molecule has 0 unspecified atom stereocenters. The number of aromatic nitrogens is 1. The first-order valence-corrected chi connectivity index (χ1v) is 12.7. The predicted molar refractivity (Wildman–Crippen MR) is 148 cm³/mol. The largest absolute Gasteiger partial charge is 0.372 e. The molecule has 0 N–H and O–H groups in total. The summed E-state index contributed by atoms with van der Waals surface area (Å²) in [6, 6.07) is 23.0.